The molecule has 3 heterocycles. The van der Waals surface area contributed by atoms with E-state index in [1.54, 1.807) is 42.5 Å². The molecule has 2 aliphatic heterocycles. The lowest BCUT2D eigenvalue weighted by molar-refractivity contribution is 0.0977. The average Bonchev–Trinajstić information content (AvgIpc) is 3.25. The van der Waals surface area contributed by atoms with Crippen molar-refractivity contribution >= 4 is 28.8 Å². The van der Waals surface area contributed by atoms with Crippen LogP contribution in [0.15, 0.2) is 65.8 Å². The van der Waals surface area contributed by atoms with E-state index >= 15 is 4.39 Å². The van der Waals surface area contributed by atoms with Gasteiger partial charge in [0.05, 0.1) is 19.9 Å². The number of amidine groups is 1. The summed E-state index contributed by atoms with van der Waals surface area (Å²) in [5, 5.41) is 3.30. The van der Waals surface area contributed by atoms with Gasteiger partial charge in [-0.1, -0.05) is 48.2 Å². The topological polar surface area (TPSA) is 79.7 Å². The Balaban J connectivity index is 1.52. The molecule has 34 heavy (non-hydrogen) atoms. The summed E-state index contributed by atoms with van der Waals surface area (Å²) in [7, 11) is 1.34. The molecule has 2 aromatic carbocycles. The van der Waals surface area contributed by atoms with Crippen molar-refractivity contribution in [2.24, 2.45) is 10.9 Å². The number of fused-ring (bicyclic) bond motifs is 1. The number of methoxy groups -OCH3 is 1. The van der Waals surface area contributed by atoms with Crippen LogP contribution in [0.25, 0.3) is 0 Å². The van der Waals surface area contributed by atoms with Crippen LogP contribution in [-0.4, -0.2) is 47.0 Å². The van der Waals surface area contributed by atoms with Crippen LogP contribution < -0.4 is 15.0 Å². The Kier molecular flexibility index (Phi) is 5.91. The second-order valence-corrected chi connectivity index (χ2v) is 9.07. The molecule has 5 rings (SSSR count). The number of aliphatic imine (C=N–C) groups is 1. The van der Waals surface area contributed by atoms with Crippen LogP contribution in [0.2, 0.25) is 0 Å². The van der Waals surface area contributed by atoms with Crippen LogP contribution in [0.5, 0.6) is 5.88 Å². The lowest BCUT2D eigenvalue weighted by atomic mass is 9.81. The number of anilines is 1. The zero-order chi connectivity index (χ0) is 23.7. The van der Waals surface area contributed by atoms with Crippen LogP contribution in [0.1, 0.15) is 15.9 Å². The van der Waals surface area contributed by atoms with Crippen molar-refractivity contribution < 1.29 is 18.3 Å². The molecule has 0 bridgehead atoms. The van der Waals surface area contributed by atoms with E-state index < -0.39 is 11.4 Å². The van der Waals surface area contributed by atoms with Crippen molar-refractivity contribution in [1.29, 1.82) is 0 Å². The number of halogens is 2. The molecule has 7 nitrogen and oxygen atoms in total. The number of carbonyl (C=O) groups excluding carboxylic acids is 1. The summed E-state index contributed by atoms with van der Waals surface area (Å²) in [5.41, 5.74) is -0.0306. The first-order chi connectivity index (χ1) is 16.5. The Morgan fingerprint density at radius 1 is 1.15 bits per heavy atom. The Morgan fingerprint density at radius 2 is 1.91 bits per heavy atom. The average molecular weight is 482 g/mol. The number of carbonyl (C=O) groups is 1. The van der Waals surface area contributed by atoms with E-state index in [1.807, 2.05) is 11.0 Å². The molecule has 2 atom stereocenters. The zero-order valence-electron chi connectivity index (χ0n) is 18.2. The van der Waals surface area contributed by atoms with E-state index in [0.29, 0.717) is 28.6 Å². The fourth-order valence-corrected chi connectivity index (χ4v) is 5.54. The number of hydrogen-bond donors (Lipinski definition) is 1. The Hall–Kier alpha value is -3.53. The van der Waals surface area contributed by atoms with E-state index in [-0.39, 0.29) is 36.0 Å². The van der Waals surface area contributed by atoms with E-state index in [9.17, 15) is 9.18 Å². The Bertz CT molecular complexity index is 1260. The number of benzene rings is 2. The smallest absolute Gasteiger partial charge is 0.257 e. The molecule has 3 aromatic rings. The maximum absolute atomic E-state index is 15.1. The second-order valence-electron chi connectivity index (χ2n) is 8.06. The van der Waals surface area contributed by atoms with Crippen molar-refractivity contribution in [1.82, 2.24) is 15.3 Å². The van der Waals surface area contributed by atoms with Gasteiger partial charge in [0.15, 0.2) is 5.17 Å². The highest BCUT2D eigenvalue weighted by atomic mass is 32.2. The number of hydrogen-bond acceptors (Lipinski definition) is 7. The maximum Gasteiger partial charge on any atom is 0.257 e. The Labute approximate surface area is 199 Å². The summed E-state index contributed by atoms with van der Waals surface area (Å²) in [6, 6.07) is 15.4. The van der Waals surface area contributed by atoms with Crippen molar-refractivity contribution in [2.45, 2.75) is 5.54 Å². The Morgan fingerprint density at radius 3 is 2.68 bits per heavy atom. The molecule has 1 saturated heterocycles. The molecular weight excluding hydrogens is 460 g/mol. The molecule has 2 aliphatic rings. The number of nitrogens with zero attached hydrogens (tertiary/aromatic N) is 4. The van der Waals surface area contributed by atoms with Gasteiger partial charge in [-0.15, -0.1) is 0 Å². The first-order valence-electron chi connectivity index (χ1n) is 10.7. The summed E-state index contributed by atoms with van der Waals surface area (Å²) in [6.07, 6.45) is 1.06. The maximum atomic E-state index is 15.1. The van der Waals surface area contributed by atoms with Gasteiger partial charge in [0.1, 0.15) is 11.4 Å². The van der Waals surface area contributed by atoms with Gasteiger partial charge in [0, 0.05) is 29.3 Å². The molecule has 0 aliphatic carbocycles. The van der Waals surface area contributed by atoms with Crippen LogP contribution in [0.4, 0.5) is 14.7 Å². The number of ether oxygens (including phenoxy) is 1. The van der Waals surface area contributed by atoms with Crippen LogP contribution >= 0.6 is 11.8 Å². The molecule has 0 saturated carbocycles. The monoisotopic (exact) mass is 481 g/mol. The molecule has 0 radical (unpaired) electrons. The van der Waals surface area contributed by atoms with E-state index in [2.05, 4.69) is 15.3 Å². The van der Waals surface area contributed by atoms with E-state index in [4.69, 9.17) is 9.73 Å². The van der Waals surface area contributed by atoms with Gasteiger partial charge in [-0.2, -0.15) is 9.37 Å². The summed E-state index contributed by atoms with van der Waals surface area (Å²) in [5.74, 6) is -0.701. The summed E-state index contributed by atoms with van der Waals surface area (Å²) in [6.45, 7) is 0.748. The summed E-state index contributed by atoms with van der Waals surface area (Å²) in [4.78, 5) is 27.8. The van der Waals surface area contributed by atoms with Gasteiger partial charge in [-0.3, -0.25) is 4.79 Å². The van der Waals surface area contributed by atoms with Gasteiger partial charge in [-0.05, 0) is 18.2 Å². The number of rotatable bonds is 4. The van der Waals surface area contributed by atoms with Crippen molar-refractivity contribution in [3.05, 3.63) is 83.6 Å². The van der Waals surface area contributed by atoms with Crippen LogP contribution in [0.3, 0.4) is 0 Å². The normalized spacial score (nSPS) is 21.6. The van der Waals surface area contributed by atoms with Gasteiger partial charge in [0.25, 0.3) is 11.8 Å². The standard InChI is InChI=1S/C24H21F2N5O2S/c1-33-21-19(26)11-27-22(29-21)31-12-16-13-34-23(28-20(32)15-7-3-2-4-8-15)30-24(16,14-31)17-9-5-6-10-18(17)25/h2-11,16H,12-14H2,1H3,(H,28,30,32). The minimum atomic E-state index is -0.971. The molecule has 2 unspecified atom stereocenters. The number of aromatic nitrogens is 2. The molecule has 1 amide bonds. The van der Waals surface area contributed by atoms with Gasteiger partial charge >= 0.3 is 0 Å². The molecule has 174 valence electrons. The number of amides is 1. The van der Waals surface area contributed by atoms with Gasteiger partial charge in [0.2, 0.25) is 11.8 Å². The van der Waals surface area contributed by atoms with Gasteiger partial charge in [-0.25, -0.2) is 14.4 Å². The molecule has 1 aromatic heterocycles. The van der Waals surface area contributed by atoms with Gasteiger partial charge < -0.3 is 15.0 Å². The molecule has 1 fully saturated rings. The van der Waals surface area contributed by atoms with Crippen molar-refractivity contribution in [3.8, 4) is 5.88 Å². The zero-order valence-corrected chi connectivity index (χ0v) is 19.1. The fourth-order valence-electron chi connectivity index (χ4n) is 4.40. The third-order valence-corrected chi connectivity index (χ3v) is 7.08. The highest BCUT2D eigenvalue weighted by Gasteiger charge is 2.52. The lowest BCUT2D eigenvalue weighted by Crippen LogP contribution is -2.43. The third kappa shape index (κ3) is 3.98. The van der Waals surface area contributed by atoms with E-state index in [1.165, 1.54) is 24.9 Å². The SMILES string of the molecule is COc1nc(N2CC3CSC(NC(=O)c4ccccc4)=NC3(c3ccccc3F)C2)ncc1F. The first-order valence-corrected chi connectivity index (χ1v) is 11.6. The minimum Gasteiger partial charge on any atom is -0.479 e. The summed E-state index contributed by atoms with van der Waals surface area (Å²) < 4.78 is 34.0. The predicted molar refractivity (Wildman–Crippen MR) is 126 cm³/mol. The van der Waals surface area contributed by atoms with Crippen LogP contribution in [-0.2, 0) is 5.54 Å². The van der Waals surface area contributed by atoms with Crippen LogP contribution in [0, 0.1) is 17.6 Å². The summed E-state index contributed by atoms with van der Waals surface area (Å²) >= 11 is 1.41. The minimum absolute atomic E-state index is 0.0913. The highest BCUT2D eigenvalue weighted by Crippen LogP contribution is 2.47. The number of nitrogens with one attached hydrogen (secondary N) is 1. The fraction of sp³-hybridized carbons (Fsp3) is 0.250. The first kappa shape index (κ1) is 22.3. The molecule has 1 N–H and O–H groups in total. The van der Waals surface area contributed by atoms with Crippen molar-refractivity contribution in [2.75, 3.05) is 30.9 Å². The molecule has 0 spiro atoms. The lowest BCUT2D eigenvalue weighted by Gasteiger charge is -2.35. The van der Waals surface area contributed by atoms with Crippen molar-refractivity contribution in [3.63, 3.8) is 0 Å². The quantitative estimate of drug-likeness (QED) is 0.613. The highest BCUT2D eigenvalue weighted by molar-refractivity contribution is 8.13. The van der Waals surface area contributed by atoms with E-state index in [0.717, 1.165) is 6.20 Å². The molecular formula is C24H21F2N5O2S. The number of thioether (sulfide) groups is 1. The molecule has 10 heteroatoms. The largest absolute Gasteiger partial charge is 0.479 e. The second kappa shape index (κ2) is 9.02. The third-order valence-electron chi connectivity index (χ3n) is 6.04. The predicted octanol–water partition coefficient (Wildman–Crippen LogP) is 3.63.